The van der Waals surface area contributed by atoms with Gasteiger partial charge in [0.2, 0.25) is 10.0 Å². The van der Waals surface area contributed by atoms with Gasteiger partial charge in [0.1, 0.15) is 12.1 Å². The lowest BCUT2D eigenvalue weighted by molar-refractivity contribution is 0.587. The number of nitrogens with one attached hydrogen (secondary N) is 2. The van der Waals surface area contributed by atoms with E-state index in [0.29, 0.717) is 5.82 Å². The molecule has 27 heavy (non-hydrogen) atoms. The topological polar surface area (TPSA) is 84.0 Å². The summed E-state index contributed by atoms with van der Waals surface area (Å²) in [6.45, 7) is 0.239. The minimum Gasteiger partial charge on any atom is -0.340 e. The van der Waals surface area contributed by atoms with Crippen LogP contribution >= 0.6 is 0 Å². The van der Waals surface area contributed by atoms with Crippen LogP contribution in [0.4, 0.5) is 11.5 Å². The Balaban J connectivity index is 1.70. The number of nitrogens with zero attached hydrogens (tertiary/aromatic N) is 2. The highest BCUT2D eigenvalue weighted by Crippen LogP contribution is 2.17. The molecule has 0 saturated carbocycles. The molecule has 0 atom stereocenters. The Morgan fingerprint density at radius 1 is 0.963 bits per heavy atom. The number of hydrogen-bond acceptors (Lipinski definition) is 5. The van der Waals surface area contributed by atoms with E-state index < -0.39 is 10.0 Å². The number of benzene rings is 2. The molecule has 0 amide bonds. The molecule has 1 heterocycles. The number of aromatic nitrogens is 2. The minimum absolute atomic E-state index is 0.239. The van der Waals surface area contributed by atoms with E-state index in [0.717, 1.165) is 28.8 Å². The molecular formula is C20H20N4O2S. The van der Waals surface area contributed by atoms with E-state index in [1.54, 1.807) is 0 Å². The molecule has 3 aromatic rings. The summed E-state index contributed by atoms with van der Waals surface area (Å²) in [5.41, 5.74) is 3.55. The molecule has 0 aliphatic carbocycles. The van der Waals surface area contributed by atoms with Crippen LogP contribution in [0.2, 0.25) is 0 Å². The third-order valence-electron chi connectivity index (χ3n) is 3.67. The molecule has 0 radical (unpaired) electrons. The average molecular weight is 380 g/mol. The zero-order valence-electron chi connectivity index (χ0n) is 14.8. The summed E-state index contributed by atoms with van der Waals surface area (Å²) in [5, 5.41) is 3.22. The molecule has 6 nitrogen and oxygen atoms in total. The first-order valence-electron chi connectivity index (χ1n) is 8.34. The molecule has 0 fully saturated rings. The Labute approximate surface area is 159 Å². The van der Waals surface area contributed by atoms with Gasteiger partial charge in [0, 0.05) is 18.3 Å². The Morgan fingerprint density at radius 2 is 1.78 bits per heavy atom. The summed E-state index contributed by atoms with van der Waals surface area (Å²) in [7, 11) is -3.23. The van der Waals surface area contributed by atoms with Crippen LogP contribution in [-0.4, -0.2) is 24.6 Å². The van der Waals surface area contributed by atoms with Gasteiger partial charge in [0.25, 0.3) is 0 Å². The zero-order valence-corrected chi connectivity index (χ0v) is 15.6. The Morgan fingerprint density at radius 3 is 2.56 bits per heavy atom. The van der Waals surface area contributed by atoms with E-state index in [2.05, 4.69) is 20.0 Å². The van der Waals surface area contributed by atoms with E-state index in [1.165, 1.54) is 6.33 Å². The first-order valence-corrected chi connectivity index (χ1v) is 10.2. The number of hydrogen-bond donors (Lipinski definition) is 2. The molecule has 3 rings (SSSR count). The van der Waals surface area contributed by atoms with Gasteiger partial charge in [-0.05, 0) is 29.3 Å². The highest BCUT2D eigenvalue weighted by atomic mass is 32.2. The first-order chi connectivity index (χ1) is 13.0. The predicted molar refractivity (Wildman–Crippen MR) is 109 cm³/mol. The van der Waals surface area contributed by atoms with Gasteiger partial charge in [-0.3, -0.25) is 0 Å². The Bertz CT molecular complexity index is 1030. The SMILES string of the molecule is CS(=O)(=O)NCc1cccc(Nc2cc(/C=C/c3ccccc3)ncn2)c1. The second-order valence-corrected chi connectivity index (χ2v) is 7.82. The average Bonchev–Trinajstić information content (AvgIpc) is 2.66. The summed E-state index contributed by atoms with van der Waals surface area (Å²) in [5.74, 6) is 0.658. The summed E-state index contributed by atoms with van der Waals surface area (Å²) in [6, 6.07) is 19.3. The van der Waals surface area contributed by atoms with Crippen LogP contribution in [0, 0.1) is 0 Å². The van der Waals surface area contributed by atoms with Crippen LogP contribution in [0.1, 0.15) is 16.8 Å². The van der Waals surface area contributed by atoms with Gasteiger partial charge in [-0.25, -0.2) is 23.1 Å². The van der Waals surface area contributed by atoms with Crippen LogP contribution in [0.3, 0.4) is 0 Å². The number of sulfonamides is 1. The smallest absolute Gasteiger partial charge is 0.209 e. The first kappa shape index (κ1) is 18.8. The van der Waals surface area contributed by atoms with Crippen molar-refractivity contribution in [1.82, 2.24) is 14.7 Å². The Kier molecular flexibility index (Phi) is 5.95. The van der Waals surface area contributed by atoms with Crippen LogP contribution in [0.25, 0.3) is 12.2 Å². The van der Waals surface area contributed by atoms with Crippen molar-refractivity contribution in [1.29, 1.82) is 0 Å². The van der Waals surface area contributed by atoms with Crippen molar-refractivity contribution < 1.29 is 8.42 Å². The molecule has 0 aliphatic heterocycles. The van der Waals surface area contributed by atoms with Crippen LogP contribution in [0.5, 0.6) is 0 Å². The molecule has 1 aromatic heterocycles. The maximum Gasteiger partial charge on any atom is 0.209 e. The highest BCUT2D eigenvalue weighted by Gasteiger charge is 2.03. The molecule has 7 heteroatoms. The lowest BCUT2D eigenvalue weighted by atomic mass is 10.2. The van der Waals surface area contributed by atoms with Crippen molar-refractivity contribution in [3.8, 4) is 0 Å². The Hall–Kier alpha value is -3.03. The van der Waals surface area contributed by atoms with Crippen LogP contribution < -0.4 is 10.0 Å². The summed E-state index contributed by atoms with van der Waals surface area (Å²) < 4.78 is 24.9. The van der Waals surface area contributed by atoms with E-state index >= 15 is 0 Å². The van der Waals surface area contributed by atoms with Gasteiger partial charge in [0.05, 0.1) is 11.9 Å². The fourth-order valence-corrected chi connectivity index (χ4v) is 2.83. The lowest BCUT2D eigenvalue weighted by Crippen LogP contribution is -2.21. The van der Waals surface area contributed by atoms with Gasteiger partial charge >= 0.3 is 0 Å². The number of rotatable bonds is 7. The second-order valence-electron chi connectivity index (χ2n) is 5.99. The summed E-state index contributed by atoms with van der Waals surface area (Å²) in [4.78, 5) is 8.49. The van der Waals surface area contributed by atoms with Crippen molar-refractivity contribution in [2.75, 3.05) is 11.6 Å². The molecule has 0 spiro atoms. The van der Waals surface area contributed by atoms with Gasteiger partial charge < -0.3 is 5.32 Å². The second kappa shape index (κ2) is 8.57. The lowest BCUT2D eigenvalue weighted by Gasteiger charge is -2.08. The quantitative estimate of drug-likeness (QED) is 0.656. The van der Waals surface area contributed by atoms with Gasteiger partial charge in [0.15, 0.2) is 0 Å². The van der Waals surface area contributed by atoms with E-state index in [1.807, 2.05) is 72.8 Å². The predicted octanol–water partition coefficient (Wildman–Crippen LogP) is 3.44. The van der Waals surface area contributed by atoms with Gasteiger partial charge in [-0.1, -0.05) is 48.5 Å². The normalized spacial score (nSPS) is 11.6. The van der Waals surface area contributed by atoms with Gasteiger partial charge in [-0.15, -0.1) is 0 Å². The van der Waals surface area contributed by atoms with E-state index in [9.17, 15) is 8.42 Å². The highest BCUT2D eigenvalue weighted by molar-refractivity contribution is 7.88. The zero-order chi connectivity index (χ0) is 19.1. The van der Waals surface area contributed by atoms with E-state index in [4.69, 9.17) is 0 Å². The largest absolute Gasteiger partial charge is 0.340 e. The maximum absolute atomic E-state index is 11.2. The standard InChI is InChI=1S/C20H20N4O2S/c1-27(25,26)23-14-17-8-5-9-19(12-17)24-20-13-18(21-15-22-20)11-10-16-6-3-2-4-7-16/h2-13,15,23H,14H2,1H3,(H,21,22,24)/b11-10+. The molecule has 0 unspecified atom stereocenters. The molecule has 0 aliphatic rings. The molecular weight excluding hydrogens is 360 g/mol. The van der Waals surface area contributed by atoms with Crippen LogP contribution in [0.15, 0.2) is 67.0 Å². The minimum atomic E-state index is -3.23. The third kappa shape index (κ3) is 6.32. The third-order valence-corrected chi connectivity index (χ3v) is 4.34. The van der Waals surface area contributed by atoms with Crippen molar-refractivity contribution in [2.45, 2.75) is 6.54 Å². The fraction of sp³-hybridized carbons (Fsp3) is 0.100. The monoisotopic (exact) mass is 380 g/mol. The van der Waals surface area contributed by atoms with E-state index in [-0.39, 0.29) is 6.54 Å². The summed E-state index contributed by atoms with van der Waals surface area (Å²) in [6.07, 6.45) is 6.56. The van der Waals surface area contributed by atoms with Crippen LogP contribution in [-0.2, 0) is 16.6 Å². The number of anilines is 2. The molecule has 2 N–H and O–H groups in total. The van der Waals surface area contributed by atoms with Crippen molar-refractivity contribution in [3.63, 3.8) is 0 Å². The fourth-order valence-electron chi connectivity index (χ4n) is 2.40. The van der Waals surface area contributed by atoms with Crippen molar-refractivity contribution in [3.05, 3.63) is 83.8 Å². The van der Waals surface area contributed by atoms with Gasteiger partial charge in [-0.2, -0.15) is 0 Å². The maximum atomic E-state index is 11.2. The summed E-state index contributed by atoms with van der Waals surface area (Å²) >= 11 is 0. The molecule has 2 aromatic carbocycles. The molecule has 138 valence electrons. The van der Waals surface area contributed by atoms with Crippen molar-refractivity contribution in [2.24, 2.45) is 0 Å². The van der Waals surface area contributed by atoms with Crippen molar-refractivity contribution >= 4 is 33.7 Å². The molecule has 0 saturated heterocycles. The molecule has 0 bridgehead atoms.